The number of hydrogen-bond acceptors (Lipinski definition) is 5. The molecule has 10 heteroatoms. The van der Waals surface area contributed by atoms with Gasteiger partial charge >= 0.3 is 11.9 Å². The Balaban J connectivity index is 1.67. The number of aryl methyl sites for hydroxylation is 1. The van der Waals surface area contributed by atoms with Crippen LogP contribution in [0.5, 0.6) is 0 Å². The highest BCUT2D eigenvalue weighted by Crippen LogP contribution is 2.29. The van der Waals surface area contributed by atoms with Gasteiger partial charge in [-0.15, -0.1) is 0 Å². The van der Waals surface area contributed by atoms with Crippen molar-refractivity contribution in [3.8, 4) is 0 Å². The Morgan fingerprint density at radius 2 is 1.97 bits per heavy atom. The lowest BCUT2D eigenvalue weighted by atomic mass is 10.1. The van der Waals surface area contributed by atoms with Crippen LogP contribution in [-0.2, 0) is 20.8 Å². The summed E-state index contributed by atoms with van der Waals surface area (Å²) in [5.41, 5.74) is 2.05. The number of pyridine rings is 1. The summed E-state index contributed by atoms with van der Waals surface area (Å²) in [7, 11) is 0. The monoisotopic (exact) mass is 452 g/mol. The predicted octanol–water partition coefficient (Wildman–Crippen LogP) is 1.93. The summed E-state index contributed by atoms with van der Waals surface area (Å²) in [6, 6.07) is 7.22. The Kier molecular flexibility index (Phi) is 5.99. The molecule has 3 heterocycles. The van der Waals surface area contributed by atoms with Gasteiger partial charge in [0.2, 0.25) is 5.91 Å². The van der Waals surface area contributed by atoms with Gasteiger partial charge in [-0.1, -0.05) is 18.2 Å². The van der Waals surface area contributed by atoms with Gasteiger partial charge in [-0.2, -0.15) is 0 Å². The number of fused-ring (bicyclic) bond motifs is 3. The molecule has 1 fully saturated rings. The average Bonchev–Trinajstić information content (AvgIpc) is 3.42. The van der Waals surface area contributed by atoms with Gasteiger partial charge in [0.1, 0.15) is 17.8 Å². The lowest BCUT2D eigenvalue weighted by molar-refractivity contribution is -0.148. The van der Waals surface area contributed by atoms with Gasteiger partial charge in [-0.25, -0.2) is 9.78 Å². The molecule has 1 aliphatic rings. The summed E-state index contributed by atoms with van der Waals surface area (Å²) >= 11 is 0. The SMILES string of the molecule is CC(NC(=O)c1cc2c([nH]c3ccccc32)c(CCC(=O)N2CCCC2C(=O)O)n1)C(=O)O. The van der Waals surface area contributed by atoms with Gasteiger partial charge in [0.15, 0.2) is 0 Å². The van der Waals surface area contributed by atoms with Crippen LogP contribution in [0.4, 0.5) is 0 Å². The number of nitrogens with one attached hydrogen (secondary N) is 2. The number of benzene rings is 1. The molecule has 2 atom stereocenters. The van der Waals surface area contributed by atoms with Crippen molar-refractivity contribution in [3.05, 3.63) is 41.7 Å². The Labute approximate surface area is 188 Å². The van der Waals surface area contributed by atoms with E-state index in [1.54, 1.807) is 6.07 Å². The molecule has 1 aromatic carbocycles. The zero-order valence-corrected chi connectivity index (χ0v) is 18.0. The lowest BCUT2D eigenvalue weighted by Gasteiger charge is -2.21. The Hall–Kier alpha value is -3.95. The molecule has 3 aromatic rings. The fourth-order valence-corrected chi connectivity index (χ4v) is 4.23. The number of carboxylic acid groups (broad SMARTS) is 2. The van der Waals surface area contributed by atoms with Crippen LogP contribution in [0.3, 0.4) is 0 Å². The Morgan fingerprint density at radius 1 is 1.21 bits per heavy atom. The van der Waals surface area contributed by atoms with Crippen LogP contribution in [-0.4, -0.2) is 67.5 Å². The maximum atomic E-state index is 12.8. The minimum Gasteiger partial charge on any atom is -0.480 e. The van der Waals surface area contributed by atoms with Crippen LogP contribution in [0.1, 0.15) is 42.4 Å². The van der Waals surface area contributed by atoms with E-state index in [4.69, 9.17) is 5.11 Å². The first kappa shape index (κ1) is 22.3. The van der Waals surface area contributed by atoms with Crippen LogP contribution in [0.25, 0.3) is 21.8 Å². The number of H-pyrrole nitrogens is 1. The summed E-state index contributed by atoms with van der Waals surface area (Å²) in [5, 5.41) is 22.5. The molecule has 0 saturated carbocycles. The highest BCUT2D eigenvalue weighted by molar-refractivity contribution is 6.10. The number of rotatable bonds is 7. The van der Waals surface area contributed by atoms with Crippen LogP contribution < -0.4 is 5.32 Å². The van der Waals surface area contributed by atoms with Gasteiger partial charge < -0.3 is 25.4 Å². The molecule has 10 nitrogen and oxygen atoms in total. The Morgan fingerprint density at radius 3 is 2.70 bits per heavy atom. The summed E-state index contributed by atoms with van der Waals surface area (Å²) in [6.45, 7) is 1.76. The minimum atomic E-state index is -1.17. The third-order valence-electron chi connectivity index (χ3n) is 5.96. The van der Waals surface area contributed by atoms with Crippen LogP contribution in [0.2, 0.25) is 0 Å². The zero-order chi connectivity index (χ0) is 23.7. The van der Waals surface area contributed by atoms with Crippen molar-refractivity contribution < 1.29 is 29.4 Å². The average molecular weight is 452 g/mol. The molecule has 172 valence electrons. The van der Waals surface area contributed by atoms with E-state index in [0.29, 0.717) is 30.6 Å². The second-order valence-electron chi connectivity index (χ2n) is 8.16. The van der Waals surface area contributed by atoms with Crippen LogP contribution in [0.15, 0.2) is 30.3 Å². The largest absolute Gasteiger partial charge is 0.480 e. The number of aromatic amines is 1. The number of para-hydroxylation sites is 1. The minimum absolute atomic E-state index is 0.0395. The first-order valence-corrected chi connectivity index (χ1v) is 10.7. The summed E-state index contributed by atoms with van der Waals surface area (Å²) in [4.78, 5) is 57.1. The second-order valence-corrected chi connectivity index (χ2v) is 8.16. The standard InChI is InChI=1S/C23H24N4O6/c1-12(22(30)31)24-21(29)17-11-14-13-5-2-3-6-15(13)26-20(14)16(25-17)8-9-19(28)27-10-4-7-18(27)23(32)33/h2-3,5-6,11-12,18,26H,4,7-10H2,1H3,(H,24,29)(H,30,31)(H,32,33). The molecule has 0 radical (unpaired) electrons. The van der Waals surface area contributed by atoms with E-state index in [-0.39, 0.29) is 24.4 Å². The molecular formula is C23H24N4O6. The van der Waals surface area contributed by atoms with Crippen molar-refractivity contribution in [1.29, 1.82) is 0 Å². The molecule has 4 rings (SSSR count). The predicted molar refractivity (Wildman–Crippen MR) is 119 cm³/mol. The molecule has 4 N–H and O–H groups in total. The zero-order valence-electron chi connectivity index (χ0n) is 18.0. The molecule has 1 saturated heterocycles. The van der Waals surface area contributed by atoms with E-state index in [0.717, 1.165) is 16.3 Å². The van der Waals surface area contributed by atoms with Crippen molar-refractivity contribution in [2.24, 2.45) is 0 Å². The maximum Gasteiger partial charge on any atom is 0.326 e. The highest BCUT2D eigenvalue weighted by atomic mass is 16.4. The number of aliphatic carboxylic acids is 2. The van der Waals surface area contributed by atoms with Crippen molar-refractivity contribution in [2.75, 3.05) is 6.54 Å². The van der Waals surface area contributed by atoms with E-state index >= 15 is 0 Å². The van der Waals surface area contributed by atoms with E-state index < -0.39 is 29.9 Å². The molecule has 1 aliphatic heterocycles. The molecule has 0 bridgehead atoms. The Bertz CT molecular complexity index is 1270. The van der Waals surface area contributed by atoms with Gasteiger partial charge in [0.25, 0.3) is 5.91 Å². The first-order valence-electron chi connectivity index (χ1n) is 10.7. The molecular weight excluding hydrogens is 428 g/mol. The first-order chi connectivity index (χ1) is 15.8. The smallest absolute Gasteiger partial charge is 0.326 e. The summed E-state index contributed by atoms with van der Waals surface area (Å²) < 4.78 is 0. The number of aromatic nitrogens is 2. The molecule has 2 unspecified atom stereocenters. The fourth-order valence-electron chi connectivity index (χ4n) is 4.23. The van der Waals surface area contributed by atoms with E-state index in [1.807, 2.05) is 24.3 Å². The van der Waals surface area contributed by atoms with Crippen molar-refractivity contribution >= 4 is 45.6 Å². The maximum absolute atomic E-state index is 12.8. The summed E-state index contributed by atoms with van der Waals surface area (Å²) in [5.74, 6) is -3.08. The van der Waals surface area contributed by atoms with Crippen molar-refractivity contribution in [2.45, 2.75) is 44.7 Å². The van der Waals surface area contributed by atoms with Crippen LogP contribution >= 0.6 is 0 Å². The molecule has 2 aromatic heterocycles. The number of amides is 2. The van der Waals surface area contributed by atoms with Gasteiger partial charge in [-0.3, -0.25) is 14.4 Å². The van der Waals surface area contributed by atoms with E-state index in [2.05, 4.69) is 15.3 Å². The summed E-state index contributed by atoms with van der Waals surface area (Å²) in [6.07, 6.45) is 1.31. The third kappa shape index (κ3) is 4.36. The number of nitrogens with zero attached hydrogens (tertiary/aromatic N) is 2. The normalized spacial score (nSPS) is 16.8. The number of carbonyl (C=O) groups is 4. The van der Waals surface area contributed by atoms with Crippen LogP contribution in [0, 0.1) is 0 Å². The number of likely N-dealkylation sites (tertiary alicyclic amines) is 1. The van der Waals surface area contributed by atoms with E-state index in [1.165, 1.54) is 11.8 Å². The highest BCUT2D eigenvalue weighted by Gasteiger charge is 2.33. The molecule has 0 spiro atoms. The second kappa shape index (κ2) is 8.89. The van der Waals surface area contributed by atoms with Crippen molar-refractivity contribution in [1.82, 2.24) is 20.2 Å². The molecule has 2 amide bonds. The van der Waals surface area contributed by atoms with Gasteiger partial charge in [0, 0.05) is 35.7 Å². The van der Waals surface area contributed by atoms with E-state index in [9.17, 15) is 24.3 Å². The van der Waals surface area contributed by atoms with Gasteiger partial charge in [0.05, 0.1) is 11.2 Å². The third-order valence-corrected chi connectivity index (χ3v) is 5.96. The number of carbonyl (C=O) groups excluding carboxylic acids is 2. The quantitative estimate of drug-likeness (QED) is 0.427. The fraction of sp³-hybridized carbons (Fsp3) is 0.348. The molecule has 33 heavy (non-hydrogen) atoms. The number of hydrogen-bond donors (Lipinski definition) is 4. The lowest BCUT2D eigenvalue weighted by Crippen LogP contribution is -2.40. The van der Waals surface area contributed by atoms with Crippen molar-refractivity contribution in [3.63, 3.8) is 0 Å². The topological polar surface area (TPSA) is 153 Å². The number of carboxylic acids is 2. The van der Waals surface area contributed by atoms with Gasteiger partial charge in [-0.05, 0) is 31.9 Å². The molecule has 0 aliphatic carbocycles.